The number of rotatable bonds is 5. The van der Waals surface area contributed by atoms with Gasteiger partial charge in [-0.1, -0.05) is 17.7 Å². The summed E-state index contributed by atoms with van der Waals surface area (Å²) in [5.41, 5.74) is 2.02. The van der Waals surface area contributed by atoms with Crippen LogP contribution in [-0.4, -0.2) is 32.9 Å². The Balaban J connectivity index is 1.98. The second kappa shape index (κ2) is 6.69. The summed E-state index contributed by atoms with van der Waals surface area (Å²) in [6.45, 7) is 3.89. The fraction of sp³-hybridized carbons (Fsp3) is 0.562. The van der Waals surface area contributed by atoms with E-state index in [1.54, 1.807) is 7.11 Å². The Bertz CT molecular complexity index is 654. The van der Waals surface area contributed by atoms with Crippen LogP contribution in [0, 0.1) is 12.8 Å². The van der Waals surface area contributed by atoms with Crippen LogP contribution in [0.25, 0.3) is 0 Å². The van der Waals surface area contributed by atoms with Crippen molar-refractivity contribution < 1.29 is 17.9 Å². The minimum atomic E-state index is -2.94. The fourth-order valence-corrected chi connectivity index (χ4v) is 4.73. The fourth-order valence-electron chi connectivity index (χ4n) is 2.87. The third kappa shape index (κ3) is 4.22. The second-order valence-electron chi connectivity index (χ2n) is 6.01. The van der Waals surface area contributed by atoms with Gasteiger partial charge >= 0.3 is 0 Å². The molecule has 2 rings (SSSR count). The number of hydrogen-bond acceptors (Lipinski definition) is 4. The molecule has 0 saturated carbocycles. The number of hydrogen-bond donors (Lipinski definition) is 1. The molecule has 22 heavy (non-hydrogen) atoms. The first kappa shape index (κ1) is 16.8. The molecule has 0 spiro atoms. The summed E-state index contributed by atoms with van der Waals surface area (Å²) in [4.78, 5) is 12.1. The molecule has 1 amide bonds. The maximum absolute atomic E-state index is 12.1. The van der Waals surface area contributed by atoms with Crippen LogP contribution >= 0.6 is 0 Å². The highest BCUT2D eigenvalue weighted by molar-refractivity contribution is 7.91. The molecule has 6 heteroatoms. The molecule has 0 radical (unpaired) electrons. The van der Waals surface area contributed by atoms with Crippen molar-refractivity contribution in [3.63, 3.8) is 0 Å². The largest absolute Gasteiger partial charge is 0.496 e. The van der Waals surface area contributed by atoms with Gasteiger partial charge in [0.05, 0.1) is 24.7 Å². The molecule has 122 valence electrons. The van der Waals surface area contributed by atoms with E-state index >= 15 is 0 Å². The summed E-state index contributed by atoms with van der Waals surface area (Å²) in [6.07, 6.45) is 0.843. The van der Waals surface area contributed by atoms with E-state index in [0.717, 1.165) is 16.9 Å². The molecule has 1 saturated heterocycles. The first-order valence-electron chi connectivity index (χ1n) is 7.45. The maximum Gasteiger partial charge on any atom is 0.220 e. The average molecular weight is 325 g/mol. The van der Waals surface area contributed by atoms with Crippen LogP contribution in [0.15, 0.2) is 18.2 Å². The zero-order chi connectivity index (χ0) is 16.3. The Morgan fingerprint density at radius 1 is 1.45 bits per heavy atom. The van der Waals surface area contributed by atoms with Crippen LogP contribution in [0.4, 0.5) is 0 Å². The SMILES string of the molecule is COc1ccc(C)cc1C(C)NC(=O)CC1CCS(=O)(=O)C1. The Labute approximate surface area is 132 Å². The van der Waals surface area contributed by atoms with Gasteiger partial charge in [0.2, 0.25) is 5.91 Å². The van der Waals surface area contributed by atoms with Gasteiger partial charge in [0.25, 0.3) is 0 Å². The molecule has 2 atom stereocenters. The highest BCUT2D eigenvalue weighted by Crippen LogP contribution is 2.27. The summed E-state index contributed by atoms with van der Waals surface area (Å²) in [5.74, 6) is 0.894. The molecule has 0 aromatic heterocycles. The molecule has 1 fully saturated rings. The number of sulfone groups is 1. The highest BCUT2D eigenvalue weighted by atomic mass is 32.2. The van der Waals surface area contributed by atoms with Crippen LogP contribution in [0.3, 0.4) is 0 Å². The number of carbonyl (C=O) groups excluding carboxylic acids is 1. The maximum atomic E-state index is 12.1. The lowest BCUT2D eigenvalue weighted by atomic mass is 10.0. The molecule has 2 unspecified atom stereocenters. The van der Waals surface area contributed by atoms with Crippen LogP contribution < -0.4 is 10.1 Å². The van der Waals surface area contributed by atoms with E-state index < -0.39 is 9.84 Å². The van der Waals surface area contributed by atoms with Crippen LogP contribution in [0.2, 0.25) is 0 Å². The van der Waals surface area contributed by atoms with Gasteiger partial charge in [-0.3, -0.25) is 4.79 Å². The average Bonchev–Trinajstić information content (AvgIpc) is 2.77. The number of methoxy groups -OCH3 is 1. The predicted molar refractivity (Wildman–Crippen MR) is 85.7 cm³/mol. The number of nitrogens with one attached hydrogen (secondary N) is 1. The minimum Gasteiger partial charge on any atom is -0.496 e. The molecule has 5 nitrogen and oxygen atoms in total. The molecule has 1 aromatic carbocycles. The van der Waals surface area contributed by atoms with Gasteiger partial charge in [-0.15, -0.1) is 0 Å². The zero-order valence-electron chi connectivity index (χ0n) is 13.3. The van der Waals surface area contributed by atoms with Gasteiger partial charge in [0.1, 0.15) is 5.75 Å². The Hall–Kier alpha value is -1.56. The van der Waals surface area contributed by atoms with Gasteiger partial charge in [-0.25, -0.2) is 8.42 Å². The van der Waals surface area contributed by atoms with Gasteiger partial charge in [0, 0.05) is 12.0 Å². The third-order valence-electron chi connectivity index (χ3n) is 4.03. The molecule has 1 N–H and O–H groups in total. The van der Waals surface area contributed by atoms with Crippen molar-refractivity contribution in [3.8, 4) is 5.75 Å². The molecule has 0 aliphatic carbocycles. The van der Waals surface area contributed by atoms with Crippen LogP contribution in [-0.2, 0) is 14.6 Å². The van der Waals surface area contributed by atoms with Gasteiger partial charge < -0.3 is 10.1 Å². The van der Waals surface area contributed by atoms with Crippen molar-refractivity contribution in [3.05, 3.63) is 29.3 Å². The molecular formula is C16H23NO4S. The van der Waals surface area contributed by atoms with E-state index in [1.807, 2.05) is 32.0 Å². The van der Waals surface area contributed by atoms with Crippen molar-refractivity contribution >= 4 is 15.7 Å². The first-order chi connectivity index (χ1) is 10.3. The summed E-state index contributed by atoms with van der Waals surface area (Å²) >= 11 is 0. The predicted octanol–water partition coefficient (Wildman–Crippen LogP) is 2.01. The Morgan fingerprint density at radius 2 is 2.18 bits per heavy atom. The topological polar surface area (TPSA) is 72.5 Å². The van der Waals surface area contributed by atoms with Crippen molar-refractivity contribution in [1.29, 1.82) is 0 Å². The molecule has 1 aliphatic rings. The standard InChI is InChI=1S/C16H23NO4S/c1-11-4-5-15(21-3)14(8-11)12(2)17-16(18)9-13-6-7-22(19,20)10-13/h4-5,8,12-13H,6-7,9-10H2,1-3H3,(H,17,18). The lowest BCUT2D eigenvalue weighted by Crippen LogP contribution is -2.29. The monoisotopic (exact) mass is 325 g/mol. The minimum absolute atomic E-state index is 0.0587. The highest BCUT2D eigenvalue weighted by Gasteiger charge is 2.29. The normalized spacial score (nSPS) is 21.3. The summed E-state index contributed by atoms with van der Waals surface area (Å²) in [7, 11) is -1.33. The van der Waals surface area contributed by atoms with Crippen molar-refractivity contribution in [1.82, 2.24) is 5.32 Å². The van der Waals surface area contributed by atoms with Gasteiger partial charge in [0.15, 0.2) is 9.84 Å². The number of carbonyl (C=O) groups is 1. The van der Waals surface area contributed by atoms with E-state index in [2.05, 4.69) is 5.32 Å². The van der Waals surface area contributed by atoms with Crippen LogP contribution in [0.1, 0.15) is 36.9 Å². The van der Waals surface area contributed by atoms with Crippen molar-refractivity contribution in [2.75, 3.05) is 18.6 Å². The van der Waals surface area contributed by atoms with Gasteiger partial charge in [-0.05, 0) is 32.3 Å². The zero-order valence-corrected chi connectivity index (χ0v) is 14.1. The number of benzene rings is 1. The van der Waals surface area contributed by atoms with Crippen molar-refractivity contribution in [2.24, 2.45) is 5.92 Å². The van der Waals surface area contributed by atoms with E-state index in [0.29, 0.717) is 6.42 Å². The number of ether oxygens (including phenoxy) is 1. The summed E-state index contributed by atoms with van der Waals surface area (Å²) < 4.78 is 28.2. The molecule has 1 aliphatic heterocycles. The molecule has 0 bridgehead atoms. The van der Waals surface area contributed by atoms with E-state index in [-0.39, 0.29) is 35.8 Å². The van der Waals surface area contributed by atoms with Crippen LogP contribution in [0.5, 0.6) is 5.75 Å². The summed E-state index contributed by atoms with van der Waals surface area (Å²) in [6, 6.07) is 5.65. The number of amides is 1. The Morgan fingerprint density at radius 3 is 2.77 bits per heavy atom. The molecule has 1 aromatic rings. The molecule has 1 heterocycles. The lowest BCUT2D eigenvalue weighted by Gasteiger charge is -2.19. The smallest absolute Gasteiger partial charge is 0.220 e. The van der Waals surface area contributed by atoms with E-state index in [1.165, 1.54) is 0 Å². The summed E-state index contributed by atoms with van der Waals surface area (Å²) in [5, 5.41) is 2.94. The second-order valence-corrected chi connectivity index (χ2v) is 8.24. The Kier molecular flexibility index (Phi) is 5.11. The third-order valence-corrected chi connectivity index (χ3v) is 5.87. The van der Waals surface area contributed by atoms with E-state index in [9.17, 15) is 13.2 Å². The number of aryl methyl sites for hydroxylation is 1. The van der Waals surface area contributed by atoms with Gasteiger partial charge in [-0.2, -0.15) is 0 Å². The van der Waals surface area contributed by atoms with E-state index in [4.69, 9.17) is 4.74 Å². The lowest BCUT2D eigenvalue weighted by molar-refractivity contribution is -0.122. The quantitative estimate of drug-likeness (QED) is 0.899. The first-order valence-corrected chi connectivity index (χ1v) is 9.27. The molecular weight excluding hydrogens is 302 g/mol. The van der Waals surface area contributed by atoms with Crippen molar-refractivity contribution in [2.45, 2.75) is 32.7 Å².